The average Bonchev–Trinajstić information content (AvgIpc) is 3.08. The van der Waals surface area contributed by atoms with E-state index in [-0.39, 0.29) is 0 Å². The van der Waals surface area contributed by atoms with Crippen molar-refractivity contribution in [3.8, 4) is 11.1 Å². The molecule has 2 atom stereocenters. The molecule has 132 valence electrons. The number of fused-ring (bicyclic) bond motifs is 6. The minimum atomic E-state index is 0.326. The molecule has 0 radical (unpaired) electrons. The monoisotopic (exact) mass is 332 g/mol. The molecule has 0 heterocycles. The molecule has 1 saturated carbocycles. The van der Waals surface area contributed by atoms with E-state index in [4.69, 9.17) is 0 Å². The van der Waals surface area contributed by atoms with Crippen LogP contribution < -0.4 is 0 Å². The third-order valence-electron chi connectivity index (χ3n) is 6.85. The Kier molecular flexibility index (Phi) is 3.53. The highest BCUT2D eigenvalue weighted by atomic mass is 14.7. The highest BCUT2D eigenvalue weighted by Crippen LogP contribution is 2.67. The summed E-state index contributed by atoms with van der Waals surface area (Å²) in [5, 5.41) is 0. The molecule has 2 aromatic carbocycles. The van der Waals surface area contributed by atoms with Crippen molar-refractivity contribution in [3.05, 3.63) is 58.7 Å². The third-order valence-corrected chi connectivity index (χ3v) is 6.85. The minimum Gasteiger partial charge on any atom is -0.0613 e. The van der Waals surface area contributed by atoms with Crippen LogP contribution in [0.1, 0.15) is 70.2 Å². The van der Waals surface area contributed by atoms with E-state index in [0.29, 0.717) is 16.2 Å². The molecule has 2 aliphatic carbocycles. The Morgan fingerprint density at radius 1 is 1.00 bits per heavy atom. The number of hydrogen-bond acceptors (Lipinski definition) is 0. The number of rotatable bonds is 2. The van der Waals surface area contributed by atoms with Gasteiger partial charge in [-0.3, -0.25) is 0 Å². The molecule has 0 spiro atoms. The van der Waals surface area contributed by atoms with Crippen molar-refractivity contribution < 1.29 is 0 Å². The normalized spacial score (nSPS) is 27.1. The Morgan fingerprint density at radius 2 is 1.76 bits per heavy atom. The second kappa shape index (κ2) is 5.22. The summed E-state index contributed by atoms with van der Waals surface area (Å²) in [6.07, 6.45) is 4.79. The van der Waals surface area contributed by atoms with Crippen LogP contribution in [-0.2, 0) is 24.7 Å². The van der Waals surface area contributed by atoms with Crippen molar-refractivity contribution >= 4 is 0 Å². The summed E-state index contributed by atoms with van der Waals surface area (Å²) in [6.45, 7) is 14.3. The number of benzene rings is 2. The Labute approximate surface area is 153 Å². The van der Waals surface area contributed by atoms with E-state index in [9.17, 15) is 0 Å². The summed E-state index contributed by atoms with van der Waals surface area (Å²) in [6, 6.07) is 14.3. The van der Waals surface area contributed by atoms with Gasteiger partial charge in [-0.05, 0) is 75.3 Å². The van der Waals surface area contributed by atoms with Gasteiger partial charge in [0, 0.05) is 0 Å². The first-order chi connectivity index (χ1) is 11.7. The van der Waals surface area contributed by atoms with E-state index < -0.39 is 0 Å². The lowest BCUT2D eigenvalue weighted by molar-refractivity contribution is 0.411. The van der Waals surface area contributed by atoms with E-state index in [0.717, 1.165) is 12.8 Å². The Balaban J connectivity index is 1.94. The lowest BCUT2D eigenvalue weighted by atomic mass is 9.75. The molecule has 0 N–H and O–H groups in total. The Morgan fingerprint density at radius 3 is 2.44 bits per heavy atom. The predicted molar refractivity (Wildman–Crippen MR) is 108 cm³/mol. The molecule has 4 rings (SSSR count). The van der Waals surface area contributed by atoms with Crippen LogP contribution >= 0.6 is 0 Å². The molecule has 0 heteroatoms. The molecule has 0 saturated heterocycles. The Hall–Kier alpha value is -1.56. The molecular weight excluding hydrogens is 300 g/mol. The van der Waals surface area contributed by atoms with E-state index in [1.165, 1.54) is 29.5 Å². The van der Waals surface area contributed by atoms with Gasteiger partial charge in [0.05, 0.1) is 0 Å². The molecule has 0 aromatic heterocycles. The first kappa shape index (κ1) is 16.9. The summed E-state index contributed by atoms with van der Waals surface area (Å²) in [4.78, 5) is 0. The van der Waals surface area contributed by atoms with Crippen LogP contribution in [0.2, 0.25) is 0 Å². The van der Waals surface area contributed by atoms with Crippen molar-refractivity contribution in [2.45, 2.75) is 72.6 Å². The van der Waals surface area contributed by atoms with Crippen LogP contribution in [-0.4, -0.2) is 0 Å². The second-order valence-corrected chi connectivity index (χ2v) is 10.2. The standard InChI is InChI=1S/C25H32/c1-7-19-20-9-8-10-22(19)25(6)16-24(25,5)15-18-12-11-17(13-21(18)20)14-23(2,3)4/h8-13H,7,14-16H2,1-6H3. The SMILES string of the molecule is CCc1c2cccc1C1(C)CC1(C)Cc1ccc(CC(C)(C)C)cc1-2. The molecule has 2 bridgehead atoms. The van der Waals surface area contributed by atoms with Gasteiger partial charge in [-0.2, -0.15) is 0 Å². The lowest BCUT2D eigenvalue weighted by Gasteiger charge is -2.29. The summed E-state index contributed by atoms with van der Waals surface area (Å²) in [5.41, 5.74) is 10.3. The molecule has 0 amide bonds. The highest BCUT2D eigenvalue weighted by Gasteiger charge is 2.62. The summed E-state index contributed by atoms with van der Waals surface area (Å²) >= 11 is 0. The summed E-state index contributed by atoms with van der Waals surface area (Å²) in [5.74, 6) is 0. The van der Waals surface area contributed by atoms with Crippen LogP contribution in [0, 0.1) is 10.8 Å². The van der Waals surface area contributed by atoms with Crippen molar-refractivity contribution in [1.29, 1.82) is 0 Å². The zero-order valence-electron chi connectivity index (χ0n) is 16.8. The van der Waals surface area contributed by atoms with Crippen molar-refractivity contribution in [2.75, 3.05) is 0 Å². The number of hydrogen-bond donors (Lipinski definition) is 0. The van der Waals surface area contributed by atoms with Gasteiger partial charge in [0.1, 0.15) is 0 Å². The first-order valence-corrected chi connectivity index (χ1v) is 9.91. The summed E-state index contributed by atoms with van der Waals surface area (Å²) < 4.78 is 0. The quantitative estimate of drug-likeness (QED) is 0.572. The second-order valence-electron chi connectivity index (χ2n) is 10.2. The fraction of sp³-hybridized carbons (Fsp3) is 0.520. The van der Waals surface area contributed by atoms with Crippen LogP contribution in [0.3, 0.4) is 0 Å². The van der Waals surface area contributed by atoms with Gasteiger partial charge in [0.25, 0.3) is 0 Å². The fourth-order valence-electron chi connectivity index (χ4n) is 5.32. The van der Waals surface area contributed by atoms with Crippen LogP contribution in [0.15, 0.2) is 36.4 Å². The third kappa shape index (κ3) is 2.57. The molecule has 2 aliphatic rings. The largest absolute Gasteiger partial charge is 0.0613 e. The zero-order valence-corrected chi connectivity index (χ0v) is 16.8. The van der Waals surface area contributed by atoms with Gasteiger partial charge in [-0.1, -0.05) is 77.9 Å². The summed E-state index contributed by atoms with van der Waals surface area (Å²) in [7, 11) is 0. The van der Waals surface area contributed by atoms with Crippen molar-refractivity contribution in [1.82, 2.24) is 0 Å². The Bertz CT molecular complexity index is 836. The van der Waals surface area contributed by atoms with Gasteiger partial charge in [-0.25, -0.2) is 0 Å². The topological polar surface area (TPSA) is 0 Å². The average molecular weight is 333 g/mol. The smallest absolute Gasteiger partial charge is 0.000948 e. The maximum absolute atomic E-state index is 2.50. The van der Waals surface area contributed by atoms with Gasteiger partial charge in [0.15, 0.2) is 0 Å². The van der Waals surface area contributed by atoms with E-state index >= 15 is 0 Å². The molecule has 0 nitrogen and oxygen atoms in total. The van der Waals surface area contributed by atoms with Crippen LogP contribution in [0.4, 0.5) is 0 Å². The fourth-order valence-corrected chi connectivity index (χ4v) is 5.32. The van der Waals surface area contributed by atoms with Crippen molar-refractivity contribution in [2.24, 2.45) is 10.8 Å². The van der Waals surface area contributed by atoms with Gasteiger partial charge < -0.3 is 0 Å². The highest BCUT2D eigenvalue weighted by molar-refractivity contribution is 5.75. The maximum Gasteiger partial charge on any atom is -0.000948 e. The van der Waals surface area contributed by atoms with E-state index in [2.05, 4.69) is 77.9 Å². The molecular formula is C25H32. The van der Waals surface area contributed by atoms with Gasteiger partial charge in [0.2, 0.25) is 0 Å². The zero-order chi connectivity index (χ0) is 18.0. The lowest BCUT2D eigenvalue weighted by Crippen LogP contribution is -2.20. The first-order valence-electron chi connectivity index (χ1n) is 9.91. The molecule has 0 aliphatic heterocycles. The van der Waals surface area contributed by atoms with E-state index in [1.54, 1.807) is 16.7 Å². The maximum atomic E-state index is 2.50. The minimum absolute atomic E-state index is 0.326. The molecule has 2 unspecified atom stereocenters. The predicted octanol–water partition coefficient (Wildman–Crippen LogP) is 6.73. The van der Waals surface area contributed by atoms with Crippen LogP contribution in [0.25, 0.3) is 11.1 Å². The molecule has 25 heavy (non-hydrogen) atoms. The van der Waals surface area contributed by atoms with Crippen molar-refractivity contribution in [3.63, 3.8) is 0 Å². The van der Waals surface area contributed by atoms with Gasteiger partial charge >= 0.3 is 0 Å². The van der Waals surface area contributed by atoms with E-state index in [1.807, 2.05) is 0 Å². The van der Waals surface area contributed by atoms with Gasteiger partial charge in [-0.15, -0.1) is 0 Å². The molecule has 2 aromatic rings. The van der Waals surface area contributed by atoms with Crippen LogP contribution in [0.5, 0.6) is 0 Å². The molecule has 1 fully saturated rings.